The molecule has 0 bridgehead atoms. The van der Waals surface area contributed by atoms with E-state index in [1.54, 1.807) is 6.20 Å². The van der Waals surface area contributed by atoms with Crippen molar-refractivity contribution in [1.82, 2.24) is 4.98 Å². The number of nitrogens with zero attached hydrogens (tertiary/aromatic N) is 1. The third-order valence-corrected chi connectivity index (χ3v) is 4.05. The maximum atomic E-state index is 12.2. The van der Waals surface area contributed by atoms with E-state index in [0.29, 0.717) is 0 Å². The molecule has 4 heteroatoms. The van der Waals surface area contributed by atoms with Gasteiger partial charge in [-0.1, -0.05) is 6.07 Å². The molecule has 1 fully saturated rings. The first kappa shape index (κ1) is 13.1. The van der Waals surface area contributed by atoms with Crippen LogP contribution in [0.4, 0.5) is 5.69 Å². The average molecular weight is 269 g/mol. The van der Waals surface area contributed by atoms with Gasteiger partial charge in [-0.2, -0.15) is 0 Å². The van der Waals surface area contributed by atoms with E-state index in [1.165, 1.54) is 0 Å². The molecule has 1 aromatic heterocycles. The molecule has 3 N–H and O–H groups in total. The van der Waals surface area contributed by atoms with Gasteiger partial charge < -0.3 is 11.1 Å². The second-order valence-electron chi connectivity index (χ2n) is 5.54. The topological polar surface area (TPSA) is 68.0 Å². The van der Waals surface area contributed by atoms with Crippen molar-refractivity contribution < 1.29 is 4.79 Å². The summed E-state index contributed by atoms with van der Waals surface area (Å²) in [7, 11) is 0. The summed E-state index contributed by atoms with van der Waals surface area (Å²) in [4.78, 5) is 16.3. The largest absolute Gasteiger partial charge is 0.328 e. The molecule has 104 valence electrons. The number of benzene rings is 1. The molecule has 0 atom stereocenters. The van der Waals surface area contributed by atoms with Crippen LogP contribution in [0.3, 0.4) is 0 Å². The normalized spacial score (nSPS) is 22.6. The highest BCUT2D eigenvalue weighted by molar-refractivity contribution is 5.95. The van der Waals surface area contributed by atoms with Crippen molar-refractivity contribution in [1.29, 1.82) is 0 Å². The molecule has 2 aromatic rings. The van der Waals surface area contributed by atoms with E-state index < -0.39 is 0 Å². The number of carbonyl (C=O) groups is 1. The Morgan fingerprint density at radius 2 is 1.95 bits per heavy atom. The van der Waals surface area contributed by atoms with Gasteiger partial charge in [0, 0.05) is 35.4 Å². The number of aromatic nitrogens is 1. The number of hydrogen-bond donors (Lipinski definition) is 2. The lowest BCUT2D eigenvalue weighted by molar-refractivity contribution is -0.120. The third-order valence-electron chi connectivity index (χ3n) is 4.05. The Hall–Kier alpha value is -1.94. The second-order valence-corrected chi connectivity index (χ2v) is 5.54. The molecule has 1 saturated carbocycles. The summed E-state index contributed by atoms with van der Waals surface area (Å²) in [5, 5.41) is 5.18. The fourth-order valence-corrected chi connectivity index (χ4v) is 2.79. The van der Waals surface area contributed by atoms with E-state index in [0.717, 1.165) is 42.1 Å². The summed E-state index contributed by atoms with van der Waals surface area (Å²) in [5.41, 5.74) is 6.71. The van der Waals surface area contributed by atoms with Crippen molar-refractivity contribution >= 4 is 22.4 Å². The zero-order chi connectivity index (χ0) is 13.9. The zero-order valence-corrected chi connectivity index (χ0v) is 11.4. The zero-order valence-electron chi connectivity index (χ0n) is 11.4. The number of fused-ring (bicyclic) bond motifs is 1. The molecule has 1 amide bonds. The summed E-state index contributed by atoms with van der Waals surface area (Å²) < 4.78 is 0. The average Bonchev–Trinajstić information content (AvgIpc) is 2.48. The quantitative estimate of drug-likeness (QED) is 0.880. The van der Waals surface area contributed by atoms with Crippen LogP contribution in [0.1, 0.15) is 25.7 Å². The summed E-state index contributed by atoms with van der Waals surface area (Å²) in [6.45, 7) is 0. The predicted molar refractivity (Wildman–Crippen MR) is 80.3 cm³/mol. The lowest BCUT2D eigenvalue weighted by atomic mass is 9.86. The lowest BCUT2D eigenvalue weighted by Gasteiger charge is -2.25. The number of rotatable bonds is 2. The standard InChI is InChI=1S/C16H19N3O/c17-14-4-1-12(2-5-14)16(20)19-15-6-3-11-7-8-18-10-13(11)9-15/h3,6-10,12,14H,1-2,4-5,17H2,(H,19,20)/t12-,14-. The minimum atomic E-state index is 0.0967. The van der Waals surface area contributed by atoms with Crippen molar-refractivity contribution in [2.75, 3.05) is 5.32 Å². The molecule has 1 aliphatic carbocycles. The van der Waals surface area contributed by atoms with Crippen LogP contribution < -0.4 is 11.1 Å². The van der Waals surface area contributed by atoms with Gasteiger partial charge in [0.1, 0.15) is 0 Å². The van der Waals surface area contributed by atoms with Gasteiger partial charge in [0.15, 0.2) is 0 Å². The summed E-state index contributed by atoms with van der Waals surface area (Å²) in [6, 6.07) is 8.14. The molecule has 0 aliphatic heterocycles. The smallest absolute Gasteiger partial charge is 0.227 e. The van der Waals surface area contributed by atoms with E-state index in [4.69, 9.17) is 5.73 Å². The van der Waals surface area contributed by atoms with Gasteiger partial charge in [-0.25, -0.2) is 0 Å². The first-order valence-corrected chi connectivity index (χ1v) is 7.12. The number of hydrogen-bond acceptors (Lipinski definition) is 3. The van der Waals surface area contributed by atoms with Gasteiger partial charge in [-0.15, -0.1) is 0 Å². The molecule has 20 heavy (non-hydrogen) atoms. The number of amides is 1. The summed E-state index contributed by atoms with van der Waals surface area (Å²) in [6.07, 6.45) is 7.25. The number of pyridine rings is 1. The predicted octanol–water partition coefficient (Wildman–Crippen LogP) is 2.69. The third kappa shape index (κ3) is 2.80. The van der Waals surface area contributed by atoms with Gasteiger partial charge in [0.2, 0.25) is 5.91 Å². The number of nitrogens with one attached hydrogen (secondary N) is 1. The van der Waals surface area contributed by atoms with Gasteiger partial charge in [-0.05, 0) is 49.3 Å². The Morgan fingerprint density at radius 1 is 1.15 bits per heavy atom. The lowest BCUT2D eigenvalue weighted by Crippen LogP contribution is -2.32. The van der Waals surface area contributed by atoms with Gasteiger partial charge in [0.05, 0.1) is 0 Å². The Balaban J connectivity index is 1.71. The van der Waals surface area contributed by atoms with Crippen LogP contribution in [0.2, 0.25) is 0 Å². The molecule has 0 radical (unpaired) electrons. The fraction of sp³-hybridized carbons (Fsp3) is 0.375. The van der Waals surface area contributed by atoms with E-state index in [9.17, 15) is 4.79 Å². The summed E-state index contributed by atoms with van der Waals surface area (Å²) in [5.74, 6) is 0.208. The SMILES string of the molecule is N[C@H]1CC[C@H](C(=O)Nc2ccc3ccncc3c2)CC1. The fourth-order valence-electron chi connectivity index (χ4n) is 2.79. The van der Waals surface area contributed by atoms with E-state index >= 15 is 0 Å². The van der Waals surface area contributed by atoms with Crippen molar-refractivity contribution in [2.24, 2.45) is 11.7 Å². The monoisotopic (exact) mass is 269 g/mol. The minimum absolute atomic E-state index is 0.0967. The van der Waals surface area contributed by atoms with Crippen LogP contribution in [0.5, 0.6) is 0 Å². The Morgan fingerprint density at radius 3 is 2.75 bits per heavy atom. The van der Waals surface area contributed by atoms with Gasteiger partial charge in [-0.3, -0.25) is 9.78 Å². The number of anilines is 1. The van der Waals surface area contributed by atoms with Crippen molar-refractivity contribution in [2.45, 2.75) is 31.7 Å². The maximum absolute atomic E-state index is 12.2. The second kappa shape index (κ2) is 5.59. The summed E-state index contributed by atoms with van der Waals surface area (Å²) >= 11 is 0. The number of nitrogens with two attached hydrogens (primary N) is 1. The molecule has 0 unspecified atom stereocenters. The van der Waals surface area contributed by atoms with E-state index in [1.807, 2.05) is 30.5 Å². The molecule has 1 heterocycles. The van der Waals surface area contributed by atoms with Crippen molar-refractivity contribution in [3.8, 4) is 0 Å². The highest BCUT2D eigenvalue weighted by Crippen LogP contribution is 2.25. The Labute approximate surface area is 118 Å². The Bertz CT molecular complexity index is 618. The first-order valence-electron chi connectivity index (χ1n) is 7.12. The van der Waals surface area contributed by atoms with Crippen LogP contribution >= 0.6 is 0 Å². The molecule has 0 saturated heterocycles. The molecular formula is C16H19N3O. The molecule has 4 nitrogen and oxygen atoms in total. The molecule has 1 aromatic carbocycles. The first-order chi connectivity index (χ1) is 9.72. The van der Waals surface area contributed by atoms with Crippen LogP contribution in [-0.4, -0.2) is 16.9 Å². The molecular weight excluding hydrogens is 250 g/mol. The number of carbonyl (C=O) groups excluding carboxylic acids is 1. The van der Waals surface area contributed by atoms with Crippen LogP contribution in [0.25, 0.3) is 10.8 Å². The minimum Gasteiger partial charge on any atom is -0.328 e. The van der Waals surface area contributed by atoms with Crippen molar-refractivity contribution in [3.63, 3.8) is 0 Å². The molecule has 1 aliphatic rings. The van der Waals surface area contributed by atoms with Crippen LogP contribution in [-0.2, 0) is 4.79 Å². The van der Waals surface area contributed by atoms with Gasteiger partial charge >= 0.3 is 0 Å². The van der Waals surface area contributed by atoms with E-state index in [2.05, 4.69) is 10.3 Å². The Kier molecular flexibility index (Phi) is 3.65. The maximum Gasteiger partial charge on any atom is 0.227 e. The highest BCUT2D eigenvalue weighted by Gasteiger charge is 2.24. The van der Waals surface area contributed by atoms with Gasteiger partial charge in [0.25, 0.3) is 0 Å². The van der Waals surface area contributed by atoms with Crippen LogP contribution in [0, 0.1) is 5.92 Å². The molecule has 0 spiro atoms. The van der Waals surface area contributed by atoms with E-state index in [-0.39, 0.29) is 17.9 Å². The van der Waals surface area contributed by atoms with Crippen LogP contribution in [0.15, 0.2) is 36.7 Å². The highest BCUT2D eigenvalue weighted by atomic mass is 16.1. The molecule has 3 rings (SSSR count). The van der Waals surface area contributed by atoms with Crippen molar-refractivity contribution in [3.05, 3.63) is 36.7 Å².